The Kier molecular flexibility index (Phi) is 3.83. The summed E-state index contributed by atoms with van der Waals surface area (Å²) >= 11 is 0. The highest BCUT2D eigenvalue weighted by atomic mass is 14.9. The first-order chi connectivity index (χ1) is 3.68. The van der Waals surface area contributed by atoms with Gasteiger partial charge in [-0.25, -0.2) is 0 Å². The Morgan fingerprint density at radius 1 is 1.50 bits per heavy atom. The summed E-state index contributed by atoms with van der Waals surface area (Å²) < 4.78 is 0. The van der Waals surface area contributed by atoms with Crippen LogP contribution < -0.4 is 11.1 Å². The molecular formula is C6H16N2. The molecule has 0 saturated heterocycles. The molecule has 0 aliphatic carbocycles. The highest BCUT2D eigenvalue weighted by molar-refractivity contribution is 4.68. The van der Waals surface area contributed by atoms with Crippen molar-refractivity contribution < 1.29 is 0 Å². The van der Waals surface area contributed by atoms with Crippen molar-refractivity contribution >= 4 is 0 Å². The van der Waals surface area contributed by atoms with Crippen molar-refractivity contribution in [3.05, 3.63) is 0 Å². The monoisotopic (exact) mass is 116 g/mol. The van der Waals surface area contributed by atoms with Gasteiger partial charge >= 0.3 is 0 Å². The van der Waals surface area contributed by atoms with Crippen LogP contribution in [0, 0.1) is 0 Å². The minimum atomic E-state index is 0.259. The van der Waals surface area contributed by atoms with Crippen molar-refractivity contribution in [1.29, 1.82) is 0 Å². The van der Waals surface area contributed by atoms with E-state index in [9.17, 15) is 0 Å². The van der Waals surface area contributed by atoms with E-state index in [1.54, 1.807) is 0 Å². The molecule has 0 unspecified atom stereocenters. The zero-order valence-corrected chi connectivity index (χ0v) is 5.94. The lowest BCUT2D eigenvalue weighted by molar-refractivity contribution is 0.491. The fourth-order valence-electron chi connectivity index (χ4n) is 0.508. The maximum absolute atomic E-state index is 5.56. The first-order valence-corrected chi connectivity index (χ1v) is 3.17. The molecule has 8 heavy (non-hydrogen) atoms. The van der Waals surface area contributed by atoms with E-state index in [1.807, 2.05) is 6.92 Å². The van der Waals surface area contributed by atoms with Crippen LogP contribution in [0.4, 0.5) is 0 Å². The summed E-state index contributed by atoms with van der Waals surface area (Å²) in [5, 5.41) is 3.22. The molecule has 0 amide bonds. The second kappa shape index (κ2) is 3.87. The molecule has 0 rings (SSSR count). The average molecular weight is 116 g/mol. The summed E-state index contributed by atoms with van der Waals surface area (Å²) in [6.07, 6.45) is 0. The van der Waals surface area contributed by atoms with Crippen LogP contribution in [-0.2, 0) is 0 Å². The van der Waals surface area contributed by atoms with Gasteiger partial charge in [-0.15, -0.1) is 0 Å². The van der Waals surface area contributed by atoms with E-state index in [2.05, 4.69) is 19.2 Å². The van der Waals surface area contributed by atoms with Crippen LogP contribution in [0.3, 0.4) is 0 Å². The van der Waals surface area contributed by atoms with E-state index in [1.165, 1.54) is 0 Å². The normalized spacial score (nSPS) is 18.0. The summed E-state index contributed by atoms with van der Waals surface area (Å²) in [4.78, 5) is 0. The smallest absolute Gasteiger partial charge is 0.0187 e. The lowest BCUT2D eigenvalue weighted by atomic mass is 10.2. The quantitative estimate of drug-likeness (QED) is 0.557. The van der Waals surface area contributed by atoms with Crippen molar-refractivity contribution in [2.75, 3.05) is 6.54 Å². The standard InChI is InChI=1S/C6H16N2/c1-4-8-6(3)5(2)7/h5-6,8H,4,7H2,1-3H3/t5-,6+/m1/s1. The van der Waals surface area contributed by atoms with Gasteiger partial charge < -0.3 is 11.1 Å². The van der Waals surface area contributed by atoms with Crippen molar-refractivity contribution in [2.24, 2.45) is 5.73 Å². The van der Waals surface area contributed by atoms with Crippen LogP contribution in [0.2, 0.25) is 0 Å². The van der Waals surface area contributed by atoms with Crippen molar-refractivity contribution in [3.63, 3.8) is 0 Å². The molecular weight excluding hydrogens is 100 g/mol. The third-order valence-electron chi connectivity index (χ3n) is 1.31. The molecule has 0 aliphatic heterocycles. The van der Waals surface area contributed by atoms with Crippen molar-refractivity contribution in [2.45, 2.75) is 32.9 Å². The third kappa shape index (κ3) is 2.99. The molecule has 0 aliphatic rings. The van der Waals surface area contributed by atoms with Gasteiger partial charge in [0.25, 0.3) is 0 Å². The Morgan fingerprint density at radius 2 is 2.00 bits per heavy atom. The number of rotatable bonds is 3. The second-order valence-electron chi connectivity index (χ2n) is 2.21. The van der Waals surface area contributed by atoms with Gasteiger partial charge in [0.15, 0.2) is 0 Å². The summed E-state index contributed by atoms with van der Waals surface area (Å²) in [6.45, 7) is 7.18. The van der Waals surface area contributed by atoms with Crippen LogP contribution >= 0.6 is 0 Å². The fraction of sp³-hybridized carbons (Fsp3) is 1.00. The molecule has 0 heterocycles. The van der Waals surface area contributed by atoms with E-state index in [0.29, 0.717) is 6.04 Å². The zero-order valence-electron chi connectivity index (χ0n) is 5.94. The Bertz CT molecular complexity index is 52.5. The third-order valence-corrected chi connectivity index (χ3v) is 1.31. The highest BCUT2D eigenvalue weighted by Crippen LogP contribution is 1.84. The number of nitrogens with two attached hydrogens (primary N) is 1. The number of nitrogens with one attached hydrogen (secondary N) is 1. The Labute approximate surface area is 51.5 Å². The molecule has 0 fully saturated rings. The molecule has 0 spiro atoms. The minimum Gasteiger partial charge on any atom is -0.327 e. The molecule has 3 N–H and O–H groups in total. The Morgan fingerprint density at radius 3 is 2.12 bits per heavy atom. The highest BCUT2D eigenvalue weighted by Gasteiger charge is 2.02. The SMILES string of the molecule is CCN[C@@H](C)[C@@H](C)N. The predicted octanol–water partition coefficient (Wildman–Crippen LogP) is 0.332. The predicted molar refractivity (Wildman–Crippen MR) is 36.8 cm³/mol. The number of hydrogen-bond acceptors (Lipinski definition) is 2. The van der Waals surface area contributed by atoms with Gasteiger partial charge in [0.1, 0.15) is 0 Å². The summed E-state index contributed by atoms with van der Waals surface area (Å²) in [5.74, 6) is 0. The topological polar surface area (TPSA) is 38.0 Å². The van der Waals surface area contributed by atoms with E-state index < -0.39 is 0 Å². The Balaban J connectivity index is 3.17. The molecule has 0 aromatic heterocycles. The van der Waals surface area contributed by atoms with Crippen molar-refractivity contribution in [3.8, 4) is 0 Å². The van der Waals surface area contributed by atoms with Crippen molar-refractivity contribution in [1.82, 2.24) is 5.32 Å². The van der Waals surface area contributed by atoms with Gasteiger partial charge in [-0.05, 0) is 20.4 Å². The molecule has 0 aromatic carbocycles. The van der Waals surface area contributed by atoms with Crippen LogP contribution in [0.1, 0.15) is 20.8 Å². The molecule has 0 aromatic rings. The summed E-state index contributed by atoms with van der Waals surface area (Å²) in [5.41, 5.74) is 5.56. The van der Waals surface area contributed by atoms with E-state index >= 15 is 0 Å². The first kappa shape index (κ1) is 7.92. The van der Waals surface area contributed by atoms with Crippen LogP contribution in [0.5, 0.6) is 0 Å². The molecule has 2 atom stereocenters. The lowest BCUT2D eigenvalue weighted by Gasteiger charge is -2.15. The molecule has 0 bridgehead atoms. The van der Waals surface area contributed by atoms with E-state index in [4.69, 9.17) is 5.73 Å². The fourth-order valence-corrected chi connectivity index (χ4v) is 0.508. The maximum Gasteiger partial charge on any atom is 0.0187 e. The van der Waals surface area contributed by atoms with E-state index in [0.717, 1.165) is 6.54 Å². The Hall–Kier alpha value is -0.0800. The molecule has 50 valence electrons. The van der Waals surface area contributed by atoms with Gasteiger partial charge in [-0.3, -0.25) is 0 Å². The average Bonchev–Trinajstić information content (AvgIpc) is 1.67. The lowest BCUT2D eigenvalue weighted by Crippen LogP contribution is -2.40. The zero-order chi connectivity index (χ0) is 6.57. The molecule has 0 saturated carbocycles. The number of hydrogen-bond donors (Lipinski definition) is 2. The van der Waals surface area contributed by atoms with E-state index in [-0.39, 0.29) is 6.04 Å². The van der Waals surface area contributed by atoms with Gasteiger partial charge in [0, 0.05) is 12.1 Å². The van der Waals surface area contributed by atoms with Gasteiger partial charge in [-0.1, -0.05) is 6.92 Å². The molecule has 0 radical (unpaired) electrons. The molecule has 2 heteroatoms. The maximum atomic E-state index is 5.56. The minimum absolute atomic E-state index is 0.259. The number of likely N-dealkylation sites (N-methyl/N-ethyl adjacent to an activating group) is 1. The van der Waals surface area contributed by atoms with Gasteiger partial charge in [0.05, 0.1) is 0 Å². The van der Waals surface area contributed by atoms with Crippen LogP contribution in [0.25, 0.3) is 0 Å². The summed E-state index contributed by atoms with van der Waals surface area (Å²) in [7, 11) is 0. The summed E-state index contributed by atoms with van der Waals surface area (Å²) in [6, 6.07) is 0.704. The largest absolute Gasteiger partial charge is 0.327 e. The van der Waals surface area contributed by atoms with Gasteiger partial charge in [-0.2, -0.15) is 0 Å². The first-order valence-electron chi connectivity index (χ1n) is 3.17. The van der Waals surface area contributed by atoms with Crippen LogP contribution in [0.15, 0.2) is 0 Å². The van der Waals surface area contributed by atoms with Crippen LogP contribution in [-0.4, -0.2) is 18.6 Å². The van der Waals surface area contributed by atoms with Gasteiger partial charge in [0.2, 0.25) is 0 Å². The second-order valence-corrected chi connectivity index (χ2v) is 2.21. The molecule has 2 nitrogen and oxygen atoms in total.